The molecular weight excluding hydrogens is 240 g/mol. The molecule has 0 amide bonds. The fraction of sp³-hybridized carbons (Fsp3) is 0.700. The number of aromatic nitrogens is 3. The summed E-state index contributed by atoms with van der Waals surface area (Å²) < 4.78 is 1.48. The molecule has 0 aliphatic heterocycles. The summed E-state index contributed by atoms with van der Waals surface area (Å²) in [6.45, 7) is 4.11. The summed E-state index contributed by atoms with van der Waals surface area (Å²) in [5.74, 6) is 0.864. The Balaban J connectivity index is 2.39. The van der Waals surface area contributed by atoms with Crippen LogP contribution in [0.5, 0.6) is 0 Å². The van der Waals surface area contributed by atoms with Crippen LogP contribution in [0.25, 0.3) is 0 Å². The Morgan fingerprint density at radius 3 is 2.88 bits per heavy atom. The van der Waals surface area contributed by atoms with Gasteiger partial charge in [-0.25, -0.2) is 0 Å². The summed E-state index contributed by atoms with van der Waals surface area (Å²) in [4.78, 5) is 25.8. The lowest BCUT2D eigenvalue weighted by Gasteiger charge is -2.06. The minimum atomic E-state index is -0.727. The first-order valence-corrected chi connectivity index (χ1v) is 6.64. The molecule has 96 valence electrons. The minimum Gasteiger partial charge on any atom is -0.317 e. The molecule has 1 heterocycles. The van der Waals surface area contributed by atoms with E-state index in [-0.39, 0.29) is 0 Å². The third kappa shape index (κ3) is 4.74. The predicted octanol–water partition coefficient (Wildman–Crippen LogP) is -0.0496. The van der Waals surface area contributed by atoms with Gasteiger partial charge in [-0.15, -0.1) is 0 Å². The van der Waals surface area contributed by atoms with Crippen LogP contribution in [-0.4, -0.2) is 33.6 Å². The van der Waals surface area contributed by atoms with E-state index in [0.29, 0.717) is 5.16 Å². The van der Waals surface area contributed by atoms with Gasteiger partial charge >= 0.3 is 11.1 Å². The lowest BCUT2D eigenvalue weighted by molar-refractivity contribution is 0.595. The van der Waals surface area contributed by atoms with E-state index in [9.17, 15) is 9.59 Å². The maximum atomic E-state index is 11.1. The number of rotatable bonds is 7. The van der Waals surface area contributed by atoms with Crippen molar-refractivity contribution >= 4 is 11.8 Å². The number of aryl methyl sites for hydroxylation is 1. The van der Waals surface area contributed by atoms with Crippen LogP contribution in [0.4, 0.5) is 0 Å². The zero-order valence-electron chi connectivity index (χ0n) is 10.2. The lowest BCUT2D eigenvalue weighted by atomic mass is 10.4. The molecule has 1 aromatic rings. The molecule has 0 aliphatic carbocycles. The molecule has 17 heavy (non-hydrogen) atoms. The van der Waals surface area contributed by atoms with Gasteiger partial charge in [0, 0.05) is 12.8 Å². The summed E-state index contributed by atoms with van der Waals surface area (Å²) in [7, 11) is 1.67. The van der Waals surface area contributed by atoms with E-state index < -0.39 is 11.1 Å². The standard InChI is InChI=1S/C10H18N4O2S/c1-3-5-11-6-4-7-17-10-12-8(15)9(16)13-14(10)2/h11H,3-7H2,1-2H3,(H,13,16). The molecule has 0 saturated heterocycles. The van der Waals surface area contributed by atoms with Crippen molar-refractivity contribution < 1.29 is 0 Å². The van der Waals surface area contributed by atoms with Crippen molar-refractivity contribution in [3.8, 4) is 0 Å². The van der Waals surface area contributed by atoms with Crippen LogP contribution < -0.4 is 16.4 Å². The van der Waals surface area contributed by atoms with Gasteiger partial charge in [-0.2, -0.15) is 4.98 Å². The number of nitrogens with one attached hydrogen (secondary N) is 2. The molecule has 0 atom stereocenters. The van der Waals surface area contributed by atoms with Gasteiger partial charge in [0.05, 0.1) is 0 Å². The Kier molecular flexibility index (Phi) is 5.99. The van der Waals surface area contributed by atoms with Crippen molar-refractivity contribution in [2.24, 2.45) is 7.05 Å². The highest BCUT2D eigenvalue weighted by atomic mass is 32.2. The van der Waals surface area contributed by atoms with Gasteiger partial charge in [-0.1, -0.05) is 18.7 Å². The second kappa shape index (κ2) is 7.29. The van der Waals surface area contributed by atoms with Crippen LogP contribution in [0, 0.1) is 0 Å². The molecule has 2 N–H and O–H groups in total. The SMILES string of the molecule is CCCNCCCSc1nc(=O)c(=O)[nH]n1C. The third-order valence-corrected chi connectivity index (χ3v) is 3.22. The Morgan fingerprint density at radius 2 is 2.18 bits per heavy atom. The van der Waals surface area contributed by atoms with Gasteiger partial charge < -0.3 is 5.32 Å². The summed E-state index contributed by atoms with van der Waals surface area (Å²) >= 11 is 1.47. The van der Waals surface area contributed by atoms with Gasteiger partial charge in [-0.3, -0.25) is 19.4 Å². The number of hydrogen-bond acceptors (Lipinski definition) is 5. The Labute approximate surface area is 104 Å². The van der Waals surface area contributed by atoms with E-state index in [1.165, 1.54) is 16.4 Å². The first-order valence-electron chi connectivity index (χ1n) is 5.66. The molecule has 0 fully saturated rings. The van der Waals surface area contributed by atoms with Gasteiger partial charge in [-0.05, 0) is 25.9 Å². The van der Waals surface area contributed by atoms with Crippen molar-refractivity contribution in [2.75, 3.05) is 18.8 Å². The zero-order chi connectivity index (χ0) is 12.7. The summed E-state index contributed by atoms with van der Waals surface area (Å²) in [5, 5.41) is 6.26. The molecule has 0 aromatic carbocycles. The maximum absolute atomic E-state index is 11.1. The summed E-state index contributed by atoms with van der Waals surface area (Å²) in [6.07, 6.45) is 2.13. The molecule has 0 aliphatic rings. The van der Waals surface area contributed by atoms with E-state index in [1.54, 1.807) is 7.05 Å². The maximum Gasteiger partial charge on any atom is 0.339 e. The first-order chi connectivity index (χ1) is 8.15. The molecule has 6 nitrogen and oxygen atoms in total. The predicted molar refractivity (Wildman–Crippen MR) is 68.6 cm³/mol. The molecule has 1 rings (SSSR count). The van der Waals surface area contributed by atoms with Gasteiger partial charge in [0.2, 0.25) is 0 Å². The zero-order valence-corrected chi connectivity index (χ0v) is 11.0. The topological polar surface area (TPSA) is 79.8 Å². The van der Waals surface area contributed by atoms with Crippen LogP contribution in [0.2, 0.25) is 0 Å². The van der Waals surface area contributed by atoms with E-state index in [2.05, 4.69) is 22.3 Å². The smallest absolute Gasteiger partial charge is 0.317 e. The Bertz CT molecular complexity index is 454. The highest BCUT2D eigenvalue weighted by Crippen LogP contribution is 2.11. The normalized spacial score (nSPS) is 10.7. The summed E-state index contributed by atoms with van der Waals surface area (Å²) in [5.41, 5.74) is -1.41. The van der Waals surface area contributed by atoms with E-state index in [4.69, 9.17) is 0 Å². The monoisotopic (exact) mass is 258 g/mol. The molecule has 0 saturated carbocycles. The van der Waals surface area contributed by atoms with Gasteiger partial charge in [0.15, 0.2) is 5.16 Å². The molecule has 0 bridgehead atoms. The molecule has 0 radical (unpaired) electrons. The van der Waals surface area contributed by atoms with Crippen molar-refractivity contribution in [1.82, 2.24) is 20.1 Å². The van der Waals surface area contributed by atoms with E-state index in [0.717, 1.165) is 31.7 Å². The van der Waals surface area contributed by atoms with Crippen molar-refractivity contribution in [1.29, 1.82) is 0 Å². The second-order valence-electron chi connectivity index (χ2n) is 3.65. The lowest BCUT2D eigenvalue weighted by Crippen LogP contribution is -2.33. The molecule has 7 heteroatoms. The van der Waals surface area contributed by atoms with Crippen LogP contribution in [0.1, 0.15) is 19.8 Å². The van der Waals surface area contributed by atoms with Crippen LogP contribution in [0.15, 0.2) is 14.7 Å². The number of thioether (sulfide) groups is 1. The Morgan fingerprint density at radius 1 is 1.41 bits per heavy atom. The van der Waals surface area contributed by atoms with Gasteiger partial charge in [0.25, 0.3) is 0 Å². The third-order valence-electron chi connectivity index (χ3n) is 2.10. The number of aromatic amines is 1. The average molecular weight is 258 g/mol. The second-order valence-corrected chi connectivity index (χ2v) is 4.71. The number of hydrogen-bond donors (Lipinski definition) is 2. The minimum absolute atomic E-state index is 0.546. The van der Waals surface area contributed by atoms with Crippen LogP contribution >= 0.6 is 11.8 Å². The fourth-order valence-corrected chi connectivity index (χ4v) is 2.11. The fourth-order valence-electron chi connectivity index (χ4n) is 1.25. The van der Waals surface area contributed by atoms with E-state index >= 15 is 0 Å². The molecule has 1 aromatic heterocycles. The van der Waals surface area contributed by atoms with Crippen molar-refractivity contribution in [2.45, 2.75) is 24.9 Å². The molecule has 0 spiro atoms. The first kappa shape index (κ1) is 14.0. The quantitative estimate of drug-likeness (QED) is 0.407. The largest absolute Gasteiger partial charge is 0.339 e. The molecular formula is C10H18N4O2S. The Hall–Kier alpha value is -1.08. The number of H-pyrrole nitrogens is 1. The van der Waals surface area contributed by atoms with Crippen LogP contribution in [-0.2, 0) is 7.05 Å². The van der Waals surface area contributed by atoms with Crippen molar-refractivity contribution in [3.05, 3.63) is 20.7 Å². The highest BCUT2D eigenvalue weighted by molar-refractivity contribution is 7.99. The highest BCUT2D eigenvalue weighted by Gasteiger charge is 2.03. The molecule has 0 unspecified atom stereocenters. The summed E-state index contributed by atoms with van der Waals surface area (Å²) in [6, 6.07) is 0. The van der Waals surface area contributed by atoms with Crippen LogP contribution in [0.3, 0.4) is 0 Å². The van der Waals surface area contributed by atoms with E-state index in [1.807, 2.05) is 0 Å². The van der Waals surface area contributed by atoms with Gasteiger partial charge in [0.1, 0.15) is 0 Å². The average Bonchev–Trinajstić information content (AvgIpc) is 2.30. The number of nitrogens with zero attached hydrogens (tertiary/aromatic N) is 2. The van der Waals surface area contributed by atoms with Crippen molar-refractivity contribution in [3.63, 3.8) is 0 Å².